The van der Waals surface area contributed by atoms with Crippen LogP contribution in [0.4, 0.5) is 0 Å². The topological polar surface area (TPSA) is 17.1 Å². The molecule has 0 bridgehead atoms. The predicted octanol–water partition coefficient (Wildman–Crippen LogP) is 8.30. The maximum absolute atomic E-state index is 13.1. The van der Waals surface area contributed by atoms with Gasteiger partial charge in [0.25, 0.3) is 0 Å². The highest BCUT2D eigenvalue weighted by Gasteiger charge is 2.18. The predicted molar refractivity (Wildman–Crippen MR) is 142 cm³/mol. The average Bonchev–Trinajstić information content (AvgIpc) is 2.77. The number of aryl methyl sites for hydroxylation is 1. The van der Waals surface area contributed by atoms with Crippen molar-refractivity contribution in [3.8, 4) is 12.3 Å². The quantitative estimate of drug-likeness (QED) is 0.197. The Balaban J connectivity index is 0.00000144. The van der Waals surface area contributed by atoms with Crippen molar-refractivity contribution in [2.45, 2.75) is 41.5 Å². The van der Waals surface area contributed by atoms with Crippen LogP contribution >= 0.6 is 0 Å². The molecule has 2 aromatic carbocycles. The van der Waals surface area contributed by atoms with Crippen LogP contribution in [0.25, 0.3) is 5.57 Å². The monoisotopic (exact) mass is 424 g/mol. The van der Waals surface area contributed by atoms with Gasteiger partial charge in [0.2, 0.25) is 0 Å². The summed E-state index contributed by atoms with van der Waals surface area (Å²) in [6.45, 7) is 18.9. The van der Waals surface area contributed by atoms with Gasteiger partial charge in [0.1, 0.15) is 0 Å². The first-order chi connectivity index (χ1) is 15.3. The first kappa shape index (κ1) is 28.4. The summed E-state index contributed by atoms with van der Waals surface area (Å²) in [6, 6.07) is 18.2. The number of hydrogen-bond acceptors (Lipinski definition) is 1. The minimum absolute atomic E-state index is 0.0270. The normalized spacial score (nSPS) is 11.1. The molecule has 0 fully saturated rings. The van der Waals surface area contributed by atoms with Crippen LogP contribution in [0.15, 0.2) is 109 Å². The number of rotatable bonds is 6. The Bertz CT molecular complexity index is 1020. The Hall–Kier alpha value is -3.63. The highest BCUT2D eigenvalue weighted by molar-refractivity contribution is 6.14. The molecule has 0 amide bonds. The molecular formula is C31H36O. The third-order valence-electron chi connectivity index (χ3n) is 4.35. The van der Waals surface area contributed by atoms with Gasteiger partial charge in [-0.15, -0.1) is 18.9 Å². The zero-order chi connectivity index (χ0) is 24.5. The number of terminal acetylenes is 1. The third-order valence-corrected chi connectivity index (χ3v) is 4.35. The summed E-state index contributed by atoms with van der Waals surface area (Å²) >= 11 is 0. The summed E-state index contributed by atoms with van der Waals surface area (Å²) in [4.78, 5) is 13.1. The van der Waals surface area contributed by atoms with Gasteiger partial charge in [0.15, 0.2) is 5.78 Å². The van der Waals surface area contributed by atoms with Crippen molar-refractivity contribution in [2.75, 3.05) is 0 Å². The van der Waals surface area contributed by atoms with Crippen LogP contribution in [-0.2, 0) is 4.79 Å². The van der Waals surface area contributed by atoms with Gasteiger partial charge < -0.3 is 0 Å². The van der Waals surface area contributed by atoms with Crippen LogP contribution in [0, 0.1) is 19.3 Å². The lowest BCUT2D eigenvalue weighted by Crippen LogP contribution is -2.06. The molecule has 0 saturated carbocycles. The molecule has 0 N–H and O–H groups in total. The second-order valence-corrected chi connectivity index (χ2v) is 7.14. The van der Waals surface area contributed by atoms with Crippen LogP contribution in [0.2, 0.25) is 0 Å². The number of benzene rings is 2. The van der Waals surface area contributed by atoms with E-state index < -0.39 is 0 Å². The summed E-state index contributed by atoms with van der Waals surface area (Å²) in [7, 11) is 0. The number of carbonyl (C=O) groups excluding carboxylic acids is 1. The molecule has 0 aromatic heterocycles. The summed E-state index contributed by atoms with van der Waals surface area (Å²) in [5.41, 5.74) is 6.61. The van der Waals surface area contributed by atoms with Crippen molar-refractivity contribution in [3.63, 3.8) is 0 Å². The Kier molecular flexibility index (Phi) is 14.3. The Morgan fingerprint density at radius 2 is 1.47 bits per heavy atom. The number of allylic oxidation sites excluding steroid dienone is 7. The second kappa shape index (κ2) is 16.1. The SMILES string of the molecule is C#CC.C=C(C)/C(C(=O)/C=C/C(C)=C/C)=C(/c1ccccc1)c1ccccc1C.C=CC. The Labute approximate surface area is 195 Å². The summed E-state index contributed by atoms with van der Waals surface area (Å²) in [5, 5.41) is 0. The average molecular weight is 425 g/mol. The van der Waals surface area contributed by atoms with E-state index in [0.717, 1.165) is 33.4 Å². The third kappa shape index (κ3) is 9.45. The standard InChI is InChI=1S/C25H26O.C3H6.C3H4/c1-6-19(4)16-17-23(26)24(18(2)3)25(21-13-8-7-9-14-21)22-15-11-10-12-20(22)5;2*1-3-2/h6-17H,2H2,1,3-5H3;3H,1H2,2H3;1H,2H3/b17-16+,19-6+,25-24+;;. The molecule has 32 heavy (non-hydrogen) atoms. The van der Waals surface area contributed by atoms with E-state index in [4.69, 9.17) is 0 Å². The van der Waals surface area contributed by atoms with Crippen molar-refractivity contribution in [2.24, 2.45) is 0 Å². The molecule has 166 valence electrons. The molecule has 0 saturated heterocycles. The van der Waals surface area contributed by atoms with Crippen molar-refractivity contribution in [1.29, 1.82) is 0 Å². The molecule has 0 aliphatic rings. The van der Waals surface area contributed by atoms with E-state index in [1.165, 1.54) is 0 Å². The Morgan fingerprint density at radius 3 is 1.94 bits per heavy atom. The van der Waals surface area contributed by atoms with Gasteiger partial charge in [0.05, 0.1) is 0 Å². The number of ketones is 1. The molecule has 0 aliphatic heterocycles. The number of carbonyl (C=O) groups is 1. The van der Waals surface area contributed by atoms with Gasteiger partial charge in [-0.05, 0) is 69.9 Å². The zero-order valence-electron chi connectivity index (χ0n) is 20.4. The van der Waals surface area contributed by atoms with E-state index in [0.29, 0.717) is 5.57 Å². The molecule has 0 heterocycles. The molecule has 1 nitrogen and oxygen atoms in total. The fourth-order valence-corrected chi connectivity index (χ4v) is 2.83. The lowest BCUT2D eigenvalue weighted by atomic mass is 9.86. The lowest BCUT2D eigenvalue weighted by molar-refractivity contribution is -0.111. The van der Waals surface area contributed by atoms with E-state index in [1.807, 2.05) is 82.3 Å². The van der Waals surface area contributed by atoms with Crippen molar-refractivity contribution < 1.29 is 4.79 Å². The highest BCUT2D eigenvalue weighted by Crippen LogP contribution is 2.32. The van der Waals surface area contributed by atoms with Gasteiger partial charge in [-0.2, -0.15) is 0 Å². The molecular weight excluding hydrogens is 388 g/mol. The maximum Gasteiger partial charge on any atom is 0.186 e. The fourth-order valence-electron chi connectivity index (χ4n) is 2.83. The molecule has 0 atom stereocenters. The summed E-state index contributed by atoms with van der Waals surface area (Å²) in [5.74, 6) is 2.22. The van der Waals surface area contributed by atoms with Crippen molar-refractivity contribution >= 4 is 11.4 Å². The molecule has 0 unspecified atom stereocenters. The minimum Gasteiger partial charge on any atom is -0.289 e. The molecule has 0 radical (unpaired) electrons. The van der Waals surface area contributed by atoms with Gasteiger partial charge in [-0.25, -0.2) is 0 Å². The first-order valence-corrected chi connectivity index (χ1v) is 10.6. The molecule has 2 rings (SSSR count). The van der Waals surface area contributed by atoms with Gasteiger partial charge in [-0.3, -0.25) is 4.79 Å². The minimum atomic E-state index is -0.0270. The van der Waals surface area contributed by atoms with E-state index in [1.54, 1.807) is 19.1 Å². The van der Waals surface area contributed by atoms with Crippen LogP contribution < -0.4 is 0 Å². The van der Waals surface area contributed by atoms with E-state index >= 15 is 0 Å². The summed E-state index contributed by atoms with van der Waals surface area (Å²) in [6.07, 6.45) is 11.8. The first-order valence-electron chi connectivity index (χ1n) is 10.6. The van der Waals surface area contributed by atoms with Gasteiger partial charge in [-0.1, -0.05) is 85.0 Å². The van der Waals surface area contributed by atoms with Crippen LogP contribution in [-0.4, -0.2) is 5.78 Å². The van der Waals surface area contributed by atoms with Gasteiger partial charge >= 0.3 is 0 Å². The molecule has 1 heteroatoms. The smallest absolute Gasteiger partial charge is 0.186 e. The van der Waals surface area contributed by atoms with Crippen molar-refractivity contribution in [3.05, 3.63) is 125 Å². The molecule has 0 aliphatic carbocycles. The maximum atomic E-state index is 13.1. The summed E-state index contributed by atoms with van der Waals surface area (Å²) < 4.78 is 0. The van der Waals surface area contributed by atoms with Gasteiger partial charge in [0, 0.05) is 11.1 Å². The fraction of sp³-hybridized carbons (Fsp3) is 0.194. The van der Waals surface area contributed by atoms with E-state index in [2.05, 4.69) is 44.6 Å². The largest absolute Gasteiger partial charge is 0.289 e. The Morgan fingerprint density at radius 1 is 0.969 bits per heavy atom. The lowest BCUT2D eigenvalue weighted by Gasteiger charge is -2.17. The highest BCUT2D eigenvalue weighted by atomic mass is 16.1. The van der Waals surface area contributed by atoms with Crippen molar-refractivity contribution in [1.82, 2.24) is 0 Å². The second-order valence-electron chi connectivity index (χ2n) is 7.14. The molecule has 2 aromatic rings. The van der Waals surface area contributed by atoms with Crippen LogP contribution in [0.3, 0.4) is 0 Å². The van der Waals surface area contributed by atoms with E-state index in [-0.39, 0.29) is 5.78 Å². The number of hydrogen-bond donors (Lipinski definition) is 0. The van der Waals surface area contributed by atoms with E-state index in [9.17, 15) is 4.79 Å². The zero-order valence-corrected chi connectivity index (χ0v) is 20.4. The molecule has 0 spiro atoms. The van der Waals surface area contributed by atoms with Crippen LogP contribution in [0.1, 0.15) is 51.3 Å². The van der Waals surface area contributed by atoms with Crippen LogP contribution in [0.5, 0.6) is 0 Å².